The molecule has 5 heteroatoms. The molecule has 134 valence electrons. The largest absolute Gasteiger partial charge is 0.389 e. The van der Waals surface area contributed by atoms with E-state index in [4.69, 9.17) is 4.84 Å². The van der Waals surface area contributed by atoms with Gasteiger partial charge in [0.25, 0.3) is 0 Å². The molecule has 0 N–H and O–H groups in total. The van der Waals surface area contributed by atoms with Gasteiger partial charge in [-0.1, -0.05) is 35.2 Å². The van der Waals surface area contributed by atoms with Gasteiger partial charge in [-0.2, -0.15) is 0 Å². The Hall–Kier alpha value is -3.39. The van der Waals surface area contributed by atoms with Crippen LogP contribution >= 0.6 is 0 Å². The molecule has 1 aliphatic carbocycles. The molecule has 0 bridgehead atoms. The maximum atomic E-state index is 5.57. The molecule has 1 fully saturated rings. The van der Waals surface area contributed by atoms with Crippen LogP contribution in [0.5, 0.6) is 0 Å². The third kappa shape index (κ3) is 5.05. The lowest BCUT2D eigenvalue weighted by molar-refractivity contribution is 0.127. The molecule has 5 nitrogen and oxygen atoms in total. The van der Waals surface area contributed by atoms with Gasteiger partial charge in [0.15, 0.2) is 6.61 Å². The highest BCUT2D eigenvalue weighted by Gasteiger charge is 2.17. The highest BCUT2D eigenvalue weighted by Crippen LogP contribution is 2.27. The van der Waals surface area contributed by atoms with Crippen LogP contribution in [0.25, 0.3) is 0 Å². The monoisotopic (exact) mass is 356 g/mol. The zero-order valence-corrected chi connectivity index (χ0v) is 15.0. The van der Waals surface area contributed by atoms with E-state index in [0.29, 0.717) is 19.1 Å². The smallest absolute Gasteiger partial charge is 0.159 e. The number of hydrogen-bond acceptors (Lipinski definition) is 4. The lowest BCUT2D eigenvalue weighted by atomic mass is 10.1. The topological polar surface area (TPSA) is 52.3 Å². The number of imidazole rings is 1. The van der Waals surface area contributed by atoms with Crippen LogP contribution in [0.15, 0.2) is 72.5 Å². The normalized spacial score (nSPS) is 13.7. The second-order valence-electron chi connectivity index (χ2n) is 6.49. The molecule has 0 atom stereocenters. The predicted molar refractivity (Wildman–Crippen MR) is 104 cm³/mol. The molecule has 0 aliphatic heterocycles. The lowest BCUT2D eigenvalue weighted by Crippen LogP contribution is -2.11. The summed E-state index contributed by atoms with van der Waals surface area (Å²) in [6, 6.07) is 13.9. The zero-order chi connectivity index (χ0) is 18.3. The summed E-state index contributed by atoms with van der Waals surface area (Å²) < 4.78 is 1.96. The summed E-state index contributed by atoms with van der Waals surface area (Å²) in [5.74, 6) is 7.12. The van der Waals surface area contributed by atoms with E-state index in [1.807, 2.05) is 53.2 Å². The molecule has 0 spiro atoms. The van der Waals surface area contributed by atoms with Crippen LogP contribution in [-0.2, 0) is 18.0 Å². The van der Waals surface area contributed by atoms with Crippen LogP contribution in [0, 0.1) is 17.8 Å². The lowest BCUT2D eigenvalue weighted by Gasteiger charge is -2.08. The van der Waals surface area contributed by atoms with Crippen LogP contribution < -0.4 is 0 Å². The quantitative estimate of drug-likeness (QED) is 0.385. The summed E-state index contributed by atoms with van der Waals surface area (Å²) in [4.78, 5) is 13.9. The Morgan fingerprint density at radius 2 is 2.04 bits per heavy atom. The number of aromatic nitrogens is 3. The van der Waals surface area contributed by atoms with Crippen molar-refractivity contribution in [2.75, 3.05) is 0 Å². The Morgan fingerprint density at radius 3 is 2.74 bits per heavy atom. The van der Waals surface area contributed by atoms with Gasteiger partial charge in [0, 0.05) is 35.6 Å². The van der Waals surface area contributed by atoms with Crippen molar-refractivity contribution in [3.63, 3.8) is 0 Å². The molecule has 27 heavy (non-hydrogen) atoms. The summed E-state index contributed by atoms with van der Waals surface area (Å²) in [5, 5.41) is 4.37. The number of benzene rings is 1. The summed E-state index contributed by atoms with van der Waals surface area (Å²) in [5.41, 5.74) is 3.70. The summed E-state index contributed by atoms with van der Waals surface area (Å²) in [7, 11) is 0. The van der Waals surface area contributed by atoms with Crippen molar-refractivity contribution in [3.8, 4) is 11.8 Å². The van der Waals surface area contributed by atoms with Crippen molar-refractivity contribution in [1.29, 1.82) is 0 Å². The first-order valence-electron chi connectivity index (χ1n) is 9.03. The van der Waals surface area contributed by atoms with Crippen molar-refractivity contribution in [2.45, 2.75) is 26.0 Å². The Labute approximate surface area is 158 Å². The van der Waals surface area contributed by atoms with Gasteiger partial charge < -0.3 is 9.40 Å². The van der Waals surface area contributed by atoms with E-state index in [0.717, 1.165) is 22.5 Å². The van der Waals surface area contributed by atoms with E-state index in [-0.39, 0.29) is 0 Å². The standard InChI is InChI=1S/C22H20N4O/c1-2-12-24-21(3-1)16-27-25-22(15-26-14-13-23-17-26)20-10-8-19(9-11-20)7-6-18-4-5-18/h1-3,8-14,17-18H,4-5,15-16H2/b25-22+. The van der Waals surface area contributed by atoms with Crippen LogP contribution in [0.2, 0.25) is 0 Å². The number of rotatable bonds is 6. The minimum absolute atomic E-state index is 0.333. The van der Waals surface area contributed by atoms with E-state index in [1.54, 1.807) is 18.7 Å². The Kier molecular flexibility index (Phi) is 5.26. The van der Waals surface area contributed by atoms with Crippen molar-refractivity contribution < 1.29 is 4.84 Å². The minimum atomic E-state index is 0.333. The average molecular weight is 356 g/mol. The van der Waals surface area contributed by atoms with E-state index in [9.17, 15) is 0 Å². The molecule has 3 aromatic rings. The maximum absolute atomic E-state index is 5.57. The van der Waals surface area contributed by atoms with Crippen LogP contribution in [-0.4, -0.2) is 20.2 Å². The van der Waals surface area contributed by atoms with Crippen LogP contribution in [0.3, 0.4) is 0 Å². The maximum Gasteiger partial charge on any atom is 0.159 e. The van der Waals surface area contributed by atoms with Gasteiger partial charge in [-0.3, -0.25) is 4.98 Å². The molecular formula is C22H20N4O. The van der Waals surface area contributed by atoms with Gasteiger partial charge in [0.2, 0.25) is 0 Å². The zero-order valence-electron chi connectivity index (χ0n) is 15.0. The molecule has 1 aromatic carbocycles. The van der Waals surface area contributed by atoms with E-state index in [1.165, 1.54) is 12.8 Å². The molecule has 4 rings (SSSR count). The molecule has 1 saturated carbocycles. The predicted octanol–water partition coefficient (Wildman–Crippen LogP) is 3.66. The van der Waals surface area contributed by atoms with Crippen molar-refractivity contribution in [3.05, 3.63) is 84.2 Å². The third-order valence-electron chi connectivity index (χ3n) is 4.22. The Morgan fingerprint density at radius 1 is 1.15 bits per heavy atom. The molecule has 2 aromatic heterocycles. The third-order valence-corrected chi connectivity index (χ3v) is 4.22. The van der Waals surface area contributed by atoms with Gasteiger partial charge >= 0.3 is 0 Å². The van der Waals surface area contributed by atoms with Crippen molar-refractivity contribution >= 4 is 5.71 Å². The number of hydrogen-bond donors (Lipinski definition) is 0. The first-order valence-corrected chi connectivity index (χ1v) is 9.03. The Bertz CT molecular complexity index is 947. The minimum Gasteiger partial charge on any atom is -0.389 e. The SMILES string of the molecule is C(#CC1CC1)c1ccc(/C(Cn2ccnc2)=N/OCc2ccccn2)cc1. The summed E-state index contributed by atoms with van der Waals surface area (Å²) in [6.07, 6.45) is 9.65. The molecule has 0 amide bonds. The highest BCUT2D eigenvalue weighted by atomic mass is 16.6. The van der Waals surface area contributed by atoms with E-state index >= 15 is 0 Å². The number of nitrogens with zero attached hydrogens (tertiary/aromatic N) is 4. The fourth-order valence-electron chi connectivity index (χ4n) is 2.54. The van der Waals surface area contributed by atoms with Gasteiger partial charge in [-0.25, -0.2) is 4.98 Å². The Balaban J connectivity index is 1.50. The molecule has 1 aliphatic rings. The number of oxime groups is 1. The number of pyridine rings is 1. The average Bonchev–Trinajstić information content (AvgIpc) is 3.41. The van der Waals surface area contributed by atoms with Gasteiger partial charge in [0.1, 0.15) is 5.71 Å². The fourth-order valence-corrected chi connectivity index (χ4v) is 2.54. The van der Waals surface area contributed by atoms with Crippen molar-refractivity contribution in [1.82, 2.24) is 14.5 Å². The first kappa shape index (κ1) is 17.0. The second-order valence-corrected chi connectivity index (χ2v) is 6.49. The fraction of sp³-hybridized carbons (Fsp3) is 0.227. The molecule has 0 saturated heterocycles. The molecule has 0 radical (unpaired) electrons. The summed E-state index contributed by atoms with van der Waals surface area (Å²) >= 11 is 0. The molecular weight excluding hydrogens is 336 g/mol. The van der Waals surface area contributed by atoms with Gasteiger partial charge in [-0.05, 0) is 37.1 Å². The summed E-state index contributed by atoms with van der Waals surface area (Å²) in [6.45, 7) is 0.911. The van der Waals surface area contributed by atoms with Gasteiger partial charge in [0.05, 0.1) is 18.6 Å². The first-order chi connectivity index (χ1) is 13.4. The van der Waals surface area contributed by atoms with Gasteiger partial charge in [-0.15, -0.1) is 0 Å². The van der Waals surface area contributed by atoms with E-state index < -0.39 is 0 Å². The molecule has 2 heterocycles. The molecule has 0 unspecified atom stereocenters. The van der Waals surface area contributed by atoms with E-state index in [2.05, 4.69) is 27.0 Å². The van der Waals surface area contributed by atoms with Crippen molar-refractivity contribution in [2.24, 2.45) is 11.1 Å². The van der Waals surface area contributed by atoms with Crippen LogP contribution in [0.1, 0.15) is 29.7 Å². The second kappa shape index (κ2) is 8.33. The highest BCUT2D eigenvalue weighted by molar-refractivity contribution is 6.00. The van der Waals surface area contributed by atoms with Crippen LogP contribution in [0.4, 0.5) is 0 Å².